The number of amides is 3. The zero-order valence-corrected chi connectivity index (χ0v) is 8.82. The molecule has 0 aliphatic carbocycles. The lowest BCUT2D eigenvalue weighted by molar-refractivity contribution is -0.150. The fraction of sp³-hybridized carbons (Fsp3) is 0.667. The van der Waals surface area contributed by atoms with Crippen LogP contribution >= 0.6 is 0 Å². The number of imide groups is 1. The minimum Gasteiger partial charge on any atom is -0.320 e. The third-order valence-corrected chi connectivity index (χ3v) is 2.46. The molecule has 3 N–H and O–H groups in total. The van der Waals surface area contributed by atoms with E-state index in [1.165, 1.54) is 4.90 Å². The van der Waals surface area contributed by atoms with Gasteiger partial charge in [-0.3, -0.25) is 19.7 Å². The van der Waals surface area contributed by atoms with Crippen molar-refractivity contribution in [3.05, 3.63) is 0 Å². The molecule has 0 spiro atoms. The van der Waals surface area contributed by atoms with E-state index in [4.69, 9.17) is 5.73 Å². The van der Waals surface area contributed by atoms with Crippen LogP contribution < -0.4 is 11.1 Å². The number of hydrogen-bond acceptors (Lipinski definition) is 4. The molecule has 1 rings (SSSR count). The maximum Gasteiger partial charge on any atom is 0.249 e. The maximum absolute atomic E-state index is 11.7. The topological polar surface area (TPSA) is 92.5 Å². The van der Waals surface area contributed by atoms with E-state index in [0.717, 1.165) is 0 Å². The minimum atomic E-state index is -0.647. The SMILES string of the molecule is CC[C@H](N)C(=O)N1CC(=O)NC(=O)C1C. The van der Waals surface area contributed by atoms with Gasteiger partial charge in [-0.1, -0.05) is 6.92 Å². The Bertz CT molecular complexity index is 303. The van der Waals surface area contributed by atoms with Gasteiger partial charge in [-0.25, -0.2) is 0 Å². The first-order chi connectivity index (χ1) is 6.97. The van der Waals surface area contributed by atoms with Crippen molar-refractivity contribution in [3.8, 4) is 0 Å². The Hall–Kier alpha value is -1.43. The van der Waals surface area contributed by atoms with E-state index in [1.54, 1.807) is 13.8 Å². The molecule has 1 aliphatic rings. The van der Waals surface area contributed by atoms with Crippen molar-refractivity contribution >= 4 is 17.7 Å². The van der Waals surface area contributed by atoms with Crippen LogP contribution in [0.4, 0.5) is 0 Å². The van der Waals surface area contributed by atoms with Crippen molar-refractivity contribution in [2.45, 2.75) is 32.4 Å². The quantitative estimate of drug-likeness (QED) is 0.552. The summed E-state index contributed by atoms with van der Waals surface area (Å²) in [5.74, 6) is -1.27. The van der Waals surface area contributed by atoms with Gasteiger partial charge in [0.1, 0.15) is 12.6 Å². The molecule has 6 nitrogen and oxygen atoms in total. The van der Waals surface area contributed by atoms with Gasteiger partial charge < -0.3 is 10.6 Å². The molecule has 84 valence electrons. The molecule has 0 aromatic carbocycles. The lowest BCUT2D eigenvalue weighted by Crippen LogP contribution is -2.61. The van der Waals surface area contributed by atoms with Gasteiger partial charge in [0.2, 0.25) is 17.7 Å². The smallest absolute Gasteiger partial charge is 0.249 e. The molecule has 1 aliphatic heterocycles. The first-order valence-corrected chi connectivity index (χ1v) is 4.87. The predicted octanol–water partition coefficient (Wildman–Crippen LogP) is -1.40. The summed E-state index contributed by atoms with van der Waals surface area (Å²) in [4.78, 5) is 35.3. The highest BCUT2D eigenvalue weighted by atomic mass is 16.2. The van der Waals surface area contributed by atoms with Gasteiger partial charge >= 0.3 is 0 Å². The minimum absolute atomic E-state index is 0.0978. The molecule has 15 heavy (non-hydrogen) atoms. The summed E-state index contributed by atoms with van der Waals surface area (Å²) in [6, 6.07) is -1.28. The van der Waals surface area contributed by atoms with Gasteiger partial charge in [-0.2, -0.15) is 0 Å². The number of nitrogens with one attached hydrogen (secondary N) is 1. The van der Waals surface area contributed by atoms with Gasteiger partial charge in [-0.05, 0) is 13.3 Å². The Kier molecular flexibility index (Phi) is 3.41. The molecular weight excluding hydrogens is 198 g/mol. The third kappa shape index (κ3) is 2.33. The number of carbonyl (C=O) groups is 3. The van der Waals surface area contributed by atoms with Crippen molar-refractivity contribution in [2.24, 2.45) is 5.73 Å². The fourth-order valence-electron chi connectivity index (χ4n) is 1.37. The van der Waals surface area contributed by atoms with Crippen LogP contribution in [0.5, 0.6) is 0 Å². The molecule has 3 amide bonds. The summed E-state index contributed by atoms with van der Waals surface area (Å²) in [6.45, 7) is 3.25. The summed E-state index contributed by atoms with van der Waals surface area (Å²) in [6.07, 6.45) is 0.484. The van der Waals surface area contributed by atoms with E-state index < -0.39 is 23.9 Å². The van der Waals surface area contributed by atoms with Crippen LogP contribution in [0.1, 0.15) is 20.3 Å². The molecule has 0 aromatic heterocycles. The number of nitrogens with two attached hydrogens (primary N) is 1. The second-order valence-corrected chi connectivity index (χ2v) is 3.57. The number of nitrogens with zero attached hydrogens (tertiary/aromatic N) is 1. The van der Waals surface area contributed by atoms with Crippen molar-refractivity contribution in [1.82, 2.24) is 10.2 Å². The normalized spacial score (nSPS) is 23.7. The maximum atomic E-state index is 11.7. The lowest BCUT2D eigenvalue weighted by atomic mass is 10.1. The molecule has 6 heteroatoms. The van der Waals surface area contributed by atoms with Gasteiger partial charge in [0, 0.05) is 0 Å². The van der Waals surface area contributed by atoms with E-state index in [9.17, 15) is 14.4 Å². The van der Waals surface area contributed by atoms with E-state index >= 15 is 0 Å². The Morgan fingerprint density at radius 3 is 2.80 bits per heavy atom. The molecule has 0 aromatic rings. The van der Waals surface area contributed by atoms with Crippen molar-refractivity contribution in [2.75, 3.05) is 6.54 Å². The van der Waals surface area contributed by atoms with Crippen LogP contribution in [-0.4, -0.2) is 41.2 Å². The number of rotatable bonds is 2. The molecule has 1 saturated heterocycles. The summed E-state index contributed by atoms with van der Waals surface area (Å²) < 4.78 is 0. The number of piperazine rings is 1. The fourth-order valence-corrected chi connectivity index (χ4v) is 1.37. The van der Waals surface area contributed by atoms with Crippen LogP contribution in [0.25, 0.3) is 0 Å². The van der Waals surface area contributed by atoms with E-state index in [-0.39, 0.29) is 12.5 Å². The average Bonchev–Trinajstić information content (AvgIpc) is 2.21. The van der Waals surface area contributed by atoms with Crippen LogP contribution in [0, 0.1) is 0 Å². The van der Waals surface area contributed by atoms with Gasteiger partial charge in [-0.15, -0.1) is 0 Å². The average molecular weight is 213 g/mol. The van der Waals surface area contributed by atoms with Crippen LogP contribution in [0.15, 0.2) is 0 Å². The van der Waals surface area contributed by atoms with Crippen LogP contribution in [0.3, 0.4) is 0 Å². The van der Waals surface area contributed by atoms with Crippen LogP contribution in [0.2, 0.25) is 0 Å². The monoisotopic (exact) mass is 213 g/mol. The molecule has 1 unspecified atom stereocenters. The van der Waals surface area contributed by atoms with Gasteiger partial charge in [0.05, 0.1) is 6.04 Å². The molecular formula is C9H15N3O3. The first kappa shape index (κ1) is 11.6. The zero-order chi connectivity index (χ0) is 11.6. The summed E-state index contributed by atoms with van der Waals surface area (Å²) in [7, 11) is 0. The molecule has 2 atom stereocenters. The number of hydrogen-bond donors (Lipinski definition) is 2. The van der Waals surface area contributed by atoms with Gasteiger partial charge in [0.25, 0.3) is 0 Å². The molecule has 0 bridgehead atoms. The largest absolute Gasteiger partial charge is 0.320 e. The zero-order valence-electron chi connectivity index (χ0n) is 8.82. The van der Waals surface area contributed by atoms with Crippen LogP contribution in [-0.2, 0) is 14.4 Å². The van der Waals surface area contributed by atoms with Crippen molar-refractivity contribution in [3.63, 3.8) is 0 Å². The molecule has 0 radical (unpaired) electrons. The van der Waals surface area contributed by atoms with E-state index in [0.29, 0.717) is 6.42 Å². The Morgan fingerprint density at radius 2 is 2.27 bits per heavy atom. The highest BCUT2D eigenvalue weighted by Crippen LogP contribution is 2.07. The molecule has 1 fully saturated rings. The summed E-state index contributed by atoms with van der Waals surface area (Å²) in [5.41, 5.74) is 5.57. The third-order valence-electron chi connectivity index (χ3n) is 2.46. The second kappa shape index (κ2) is 4.39. The Morgan fingerprint density at radius 1 is 1.67 bits per heavy atom. The van der Waals surface area contributed by atoms with E-state index in [2.05, 4.69) is 5.32 Å². The van der Waals surface area contributed by atoms with E-state index in [1.807, 2.05) is 0 Å². The molecule has 1 heterocycles. The summed E-state index contributed by atoms with van der Waals surface area (Å²) >= 11 is 0. The Labute approximate surface area is 87.8 Å². The van der Waals surface area contributed by atoms with Crippen molar-refractivity contribution in [1.29, 1.82) is 0 Å². The highest BCUT2D eigenvalue weighted by Gasteiger charge is 2.34. The molecule has 0 saturated carbocycles. The number of carbonyl (C=O) groups excluding carboxylic acids is 3. The highest BCUT2D eigenvalue weighted by molar-refractivity contribution is 6.04. The second-order valence-electron chi connectivity index (χ2n) is 3.57. The van der Waals surface area contributed by atoms with Gasteiger partial charge in [0.15, 0.2) is 0 Å². The predicted molar refractivity (Wildman–Crippen MR) is 52.6 cm³/mol. The standard InChI is InChI=1S/C9H15N3O3/c1-3-6(10)9(15)12-4-7(13)11-8(14)5(12)2/h5-6H,3-4,10H2,1-2H3,(H,11,13,14)/t5?,6-/m0/s1. The van der Waals surface area contributed by atoms with Crippen molar-refractivity contribution < 1.29 is 14.4 Å². The first-order valence-electron chi connectivity index (χ1n) is 4.87. The lowest BCUT2D eigenvalue weighted by Gasteiger charge is -2.33. The Balaban J connectivity index is 2.79. The summed E-state index contributed by atoms with van der Waals surface area (Å²) in [5, 5.41) is 2.16.